The van der Waals surface area contributed by atoms with Crippen LogP contribution in [0, 0.1) is 6.92 Å². The maximum Gasteiger partial charge on any atom is 0.356 e. The van der Waals surface area contributed by atoms with Gasteiger partial charge in [0.1, 0.15) is 6.61 Å². The monoisotopic (exact) mass is 246 g/mol. The Hall–Kier alpha value is -2.30. The van der Waals surface area contributed by atoms with Crippen molar-refractivity contribution in [3.05, 3.63) is 47.2 Å². The first-order valence-corrected chi connectivity index (χ1v) is 5.53. The first kappa shape index (κ1) is 12.2. The van der Waals surface area contributed by atoms with Crippen LogP contribution in [0.4, 0.5) is 0 Å². The molecule has 0 aliphatic carbocycles. The third-order valence-corrected chi connectivity index (χ3v) is 2.64. The molecular weight excluding hydrogens is 232 g/mol. The fourth-order valence-electron chi connectivity index (χ4n) is 1.75. The van der Waals surface area contributed by atoms with Gasteiger partial charge in [-0.3, -0.25) is 0 Å². The summed E-state index contributed by atoms with van der Waals surface area (Å²) in [6.45, 7) is 2.08. The van der Waals surface area contributed by atoms with Gasteiger partial charge in [0.15, 0.2) is 5.69 Å². The minimum atomic E-state index is -1.04. The number of hydrogen-bond acceptors (Lipinski definition) is 3. The van der Waals surface area contributed by atoms with E-state index in [1.54, 1.807) is 14.0 Å². The van der Waals surface area contributed by atoms with Gasteiger partial charge in [-0.2, -0.15) is 5.10 Å². The van der Waals surface area contributed by atoms with Crippen molar-refractivity contribution < 1.29 is 14.6 Å². The van der Waals surface area contributed by atoms with Gasteiger partial charge in [-0.05, 0) is 12.5 Å². The molecule has 0 aliphatic rings. The predicted octanol–water partition coefficient (Wildman–Crippen LogP) is 2.01. The molecule has 0 atom stereocenters. The van der Waals surface area contributed by atoms with Gasteiger partial charge in [-0.1, -0.05) is 30.3 Å². The molecule has 0 saturated heterocycles. The van der Waals surface area contributed by atoms with Crippen LogP contribution in [0.2, 0.25) is 0 Å². The van der Waals surface area contributed by atoms with Crippen LogP contribution >= 0.6 is 0 Å². The van der Waals surface area contributed by atoms with Crippen LogP contribution in [0.5, 0.6) is 5.88 Å². The van der Waals surface area contributed by atoms with Crippen molar-refractivity contribution in [2.75, 3.05) is 0 Å². The first-order chi connectivity index (χ1) is 8.59. The van der Waals surface area contributed by atoms with Gasteiger partial charge in [0.05, 0.1) is 0 Å². The summed E-state index contributed by atoms with van der Waals surface area (Å²) in [6.07, 6.45) is 0. The summed E-state index contributed by atoms with van der Waals surface area (Å²) in [5.41, 5.74) is 1.59. The van der Waals surface area contributed by atoms with Gasteiger partial charge in [0.2, 0.25) is 5.88 Å². The van der Waals surface area contributed by atoms with Crippen LogP contribution in [0.3, 0.4) is 0 Å². The number of carboxylic acids is 1. The molecule has 1 aromatic carbocycles. The number of carbonyl (C=O) groups is 1. The van der Waals surface area contributed by atoms with E-state index in [0.717, 1.165) is 5.56 Å². The zero-order valence-electron chi connectivity index (χ0n) is 10.3. The molecule has 0 aliphatic heterocycles. The standard InChI is InChI=1S/C13H14N2O3/c1-9-11(13(16)17)14-15(2)12(9)18-8-10-6-4-3-5-7-10/h3-7H,8H2,1-2H3,(H,16,17). The molecule has 2 rings (SSSR count). The maximum atomic E-state index is 10.9. The van der Waals surface area contributed by atoms with E-state index in [4.69, 9.17) is 9.84 Å². The molecule has 0 radical (unpaired) electrons. The van der Waals surface area contributed by atoms with Gasteiger partial charge >= 0.3 is 5.97 Å². The smallest absolute Gasteiger partial charge is 0.356 e. The van der Waals surface area contributed by atoms with Gasteiger partial charge in [0.25, 0.3) is 0 Å². The number of aryl methyl sites for hydroxylation is 1. The largest absolute Gasteiger partial charge is 0.476 e. The third kappa shape index (κ3) is 2.34. The summed E-state index contributed by atoms with van der Waals surface area (Å²) in [6, 6.07) is 9.68. The van der Waals surface area contributed by atoms with Crippen molar-refractivity contribution in [2.45, 2.75) is 13.5 Å². The van der Waals surface area contributed by atoms with Gasteiger partial charge in [0, 0.05) is 12.6 Å². The molecule has 0 unspecified atom stereocenters. The fraction of sp³-hybridized carbons (Fsp3) is 0.231. The lowest BCUT2D eigenvalue weighted by Gasteiger charge is -2.07. The highest BCUT2D eigenvalue weighted by Crippen LogP contribution is 2.21. The van der Waals surface area contributed by atoms with Crippen molar-refractivity contribution in [3.63, 3.8) is 0 Å². The van der Waals surface area contributed by atoms with Gasteiger partial charge in [-0.15, -0.1) is 0 Å². The summed E-state index contributed by atoms with van der Waals surface area (Å²) >= 11 is 0. The summed E-state index contributed by atoms with van der Waals surface area (Å²) in [5, 5.41) is 12.9. The lowest BCUT2D eigenvalue weighted by Crippen LogP contribution is -2.01. The van der Waals surface area contributed by atoms with Crippen LogP contribution in [-0.4, -0.2) is 20.9 Å². The average molecular weight is 246 g/mol. The van der Waals surface area contributed by atoms with Crippen molar-refractivity contribution in [1.29, 1.82) is 0 Å². The van der Waals surface area contributed by atoms with E-state index in [-0.39, 0.29) is 5.69 Å². The van der Waals surface area contributed by atoms with Crippen LogP contribution in [0.25, 0.3) is 0 Å². The van der Waals surface area contributed by atoms with Crippen molar-refractivity contribution in [2.24, 2.45) is 7.05 Å². The summed E-state index contributed by atoms with van der Waals surface area (Å²) in [5.74, 6) is -0.561. The molecule has 0 fully saturated rings. The summed E-state index contributed by atoms with van der Waals surface area (Å²) in [7, 11) is 1.67. The molecule has 1 N–H and O–H groups in total. The van der Waals surface area contributed by atoms with E-state index in [9.17, 15) is 4.79 Å². The highest BCUT2D eigenvalue weighted by Gasteiger charge is 2.18. The number of benzene rings is 1. The number of rotatable bonds is 4. The Morgan fingerprint density at radius 2 is 2.06 bits per heavy atom. The number of nitrogens with zero attached hydrogens (tertiary/aromatic N) is 2. The molecule has 5 nitrogen and oxygen atoms in total. The Morgan fingerprint density at radius 1 is 1.39 bits per heavy atom. The SMILES string of the molecule is Cc1c(C(=O)O)nn(C)c1OCc1ccccc1. The molecule has 0 bridgehead atoms. The molecule has 5 heteroatoms. The van der Waals surface area contributed by atoms with Crippen molar-refractivity contribution >= 4 is 5.97 Å². The third-order valence-electron chi connectivity index (χ3n) is 2.64. The zero-order valence-corrected chi connectivity index (χ0v) is 10.3. The summed E-state index contributed by atoms with van der Waals surface area (Å²) < 4.78 is 7.07. The minimum Gasteiger partial charge on any atom is -0.476 e. The first-order valence-electron chi connectivity index (χ1n) is 5.53. The second-order valence-corrected chi connectivity index (χ2v) is 3.98. The normalized spacial score (nSPS) is 10.3. The number of aromatic carboxylic acids is 1. The minimum absolute atomic E-state index is 0.0283. The molecule has 94 valence electrons. The van der Waals surface area contributed by atoms with E-state index in [1.807, 2.05) is 30.3 Å². The maximum absolute atomic E-state index is 10.9. The zero-order chi connectivity index (χ0) is 13.1. The van der Waals surface area contributed by atoms with Gasteiger partial charge in [-0.25, -0.2) is 9.48 Å². The topological polar surface area (TPSA) is 64.3 Å². The highest BCUT2D eigenvalue weighted by molar-refractivity contribution is 5.87. The summed E-state index contributed by atoms with van der Waals surface area (Å²) in [4.78, 5) is 10.9. The van der Waals surface area contributed by atoms with E-state index >= 15 is 0 Å². The molecule has 0 amide bonds. The Morgan fingerprint density at radius 3 is 2.61 bits per heavy atom. The predicted molar refractivity (Wildman–Crippen MR) is 65.7 cm³/mol. The Balaban J connectivity index is 2.17. The van der Waals surface area contributed by atoms with E-state index in [0.29, 0.717) is 18.1 Å². The second kappa shape index (κ2) is 4.91. The lowest BCUT2D eigenvalue weighted by molar-refractivity contribution is 0.0689. The molecule has 0 spiro atoms. The van der Waals surface area contributed by atoms with Gasteiger partial charge < -0.3 is 9.84 Å². The number of hydrogen-bond donors (Lipinski definition) is 1. The molecule has 1 heterocycles. The highest BCUT2D eigenvalue weighted by atomic mass is 16.5. The fourth-order valence-corrected chi connectivity index (χ4v) is 1.75. The molecule has 0 saturated carbocycles. The molecule has 2 aromatic rings. The molecule has 1 aromatic heterocycles. The Bertz CT molecular complexity index is 561. The Kier molecular flexibility index (Phi) is 3.32. The number of ether oxygens (including phenoxy) is 1. The van der Waals surface area contributed by atoms with E-state index in [2.05, 4.69) is 5.10 Å². The number of aromatic nitrogens is 2. The van der Waals surface area contributed by atoms with E-state index in [1.165, 1.54) is 4.68 Å². The van der Waals surface area contributed by atoms with Crippen LogP contribution < -0.4 is 4.74 Å². The Labute approximate surface area is 105 Å². The molecule has 18 heavy (non-hydrogen) atoms. The van der Waals surface area contributed by atoms with Crippen molar-refractivity contribution in [1.82, 2.24) is 9.78 Å². The lowest BCUT2D eigenvalue weighted by atomic mass is 10.2. The van der Waals surface area contributed by atoms with Crippen LogP contribution in [0.15, 0.2) is 30.3 Å². The quantitative estimate of drug-likeness (QED) is 0.896. The van der Waals surface area contributed by atoms with E-state index < -0.39 is 5.97 Å². The average Bonchev–Trinajstić information content (AvgIpc) is 2.64. The molecular formula is C13H14N2O3. The van der Waals surface area contributed by atoms with Crippen LogP contribution in [-0.2, 0) is 13.7 Å². The second-order valence-electron chi connectivity index (χ2n) is 3.98. The van der Waals surface area contributed by atoms with Crippen molar-refractivity contribution in [3.8, 4) is 5.88 Å². The number of carboxylic acid groups (broad SMARTS) is 1. The van der Waals surface area contributed by atoms with Crippen LogP contribution in [0.1, 0.15) is 21.6 Å².